The first-order chi connectivity index (χ1) is 9.52. The molecule has 20 heavy (non-hydrogen) atoms. The maximum Gasteiger partial charge on any atom is 0.262 e. The molecule has 1 unspecified atom stereocenters. The summed E-state index contributed by atoms with van der Waals surface area (Å²) in [6.07, 6.45) is 2.44. The van der Waals surface area contributed by atoms with Crippen molar-refractivity contribution in [1.82, 2.24) is 5.01 Å². The lowest BCUT2D eigenvalue weighted by Crippen LogP contribution is -2.26. The van der Waals surface area contributed by atoms with E-state index in [0.29, 0.717) is 4.32 Å². The molecule has 1 aromatic carbocycles. The van der Waals surface area contributed by atoms with Gasteiger partial charge >= 0.3 is 0 Å². The van der Waals surface area contributed by atoms with Gasteiger partial charge in [-0.1, -0.05) is 43.0 Å². The third-order valence-electron chi connectivity index (χ3n) is 3.00. The number of anilines is 1. The lowest BCUT2D eigenvalue weighted by Gasteiger charge is -2.12. The average molecular weight is 307 g/mol. The highest BCUT2D eigenvalue weighted by Gasteiger charge is 2.35. The van der Waals surface area contributed by atoms with Gasteiger partial charge in [0.1, 0.15) is 0 Å². The van der Waals surface area contributed by atoms with E-state index in [0.717, 1.165) is 17.7 Å². The zero-order valence-corrected chi connectivity index (χ0v) is 13.4. The number of carbonyl (C=O) groups excluding carboxylic acids is 1. The topological polar surface area (TPSA) is 35.9 Å². The predicted molar refractivity (Wildman–Crippen MR) is 89.5 cm³/mol. The standard InChI is InChI=1S/C14H17N3OS2/c1-4-12-13(18)17(14(19)20-12)15-9-10-5-7-11(8-6-10)16(2)3/h5-9,12H,4H2,1-3H3. The summed E-state index contributed by atoms with van der Waals surface area (Å²) in [6.45, 7) is 1.98. The highest BCUT2D eigenvalue weighted by molar-refractivity contribution is 8.24. The third kappa shape index (κ3) is 3.19. The number of benzene rings is 1. The molecule has 1 atom stereocenters. The molecule has 0 bridgehead atoms. The Morgan fingerprint density at radius 2 is 2.05 bits per heavy atom. The molecule has 1 saturated heterocycles. The molecule has 4 nitrogen and oxygen atoms in total. The van der Waals surface area contributed by atoms with Crippen molar-refractivity contribution in [3.63, 3.8) is 0 Å². The minimum absolute atomic E-state index is 0.0244. The molecular weight excluding hydrogens is 290 g/mol. The SMILES string of the molecule is CCC1SC(=S)N(N=Cc2ccc(N(C)C)cc2)C1=O. The summed E-state index contributed by atoms with van der Waals surface area (Å²) < 4.78 is 0.531. The van der Waals surface area contributed by atoms with Crippen LogP contribution in [0.25, 0.3) is 0 Å². The first-order valence-corrected chi connectivity index (χ1v) is 7.67. The largest absolute Gasteiger partial charge is 0.378 e. The summed E-state index contributed by atoms with van der Waals surface area (Å²) >= 11 is 6.59. The zero-order chi connectivity index (χ0) is 14.7. The number of hydrogen-bond acceptors (Lipinski definition) is 5. The van der Waals surface area contributed by atoms with Crippen molar-refractivity contribution in [2.75, 3.05) is 19.0 Å². The first kappa shape index (κ1) is 15.0. The van der Waals surface area contributed by atoms with Gasteiger partial charge in [-0.05, 0) is 24.1 Å². The molecule has 106 valence electrons. The molecule has 6 heteroatoms. The number of rotatable bonds is 4. The van der Waals surface area contributed by atoms with E-state index in [1.807, 2.05) is 50.2 Å². The maximum atomic E-state index is 12.0. The van der Waals surface area contributed by atoms with Crippen LogP contribution in [-0.4, -0.2) is 40.8 Å². The second-order valence-corrected chi connectivity index (χ2v) is 6.50. The van der Waals surface area contributed by atoms with Crippen LogP contribution in [0.1, 0.15) is 18.9 Å². The molecule has 0 N–H and O–H groups in total. The van der Waals surface area contributed by atoms with Gasteiger partial charge in [-0.25, -0.2) is 0 Å². The Labute approximate surface area is 128 Å². The van der Waals surface area contributed by atoms with Gasteiger partial charge in [0.2, 0.25) is 0 Å². The van der Waals surface area contributed by atoms with Gasteiger partial charge in [0, 0.05) is 19.8 Å². The van der Waals surface area contributed by atoms with Crippen LogP contribution in [0.4, 0.5) is 5.69 Å². The van der Waals surface area contributed by atoms with Gasteiger partial charge in [0.15, 0.2) is 4.32 Å². The van der Waals surface area contributed by atoms with Gasteiger partial charge in [-0.15, -0.1) is 0 Å². The lowest BCUT2D eigenvalue weighted by molar-refractivity contribution is -0.126. The third-order valence-corrected chi connectivity index (χ3v) is 4.66. The van der Waals surface area contributed by atoms with E-state index in [-0.39, 0.29) is 11.2 Å². The van der Waals surface area contributed by atoms with Crippen molar-refractivity contribution in [3.05, 3.63) is 29.8 Å². The summed E-state index contributed by atoms with van der Waals surface area (Å²) in [5.41, 5.74) is 2.06. The molecule has 1 aliphatic rings. The minimum atomic E-state index is -0.0873. The van der Waals surface area contributed by atoms with Gasteiger partial charge in [0.25, 0.3) is 5.91 Å². The minimum Gasteiger partial charge on any atom is -0.378 e. The number of amides is 1. The molecule has 2 rings (SSSR count). The number of thiocarbonyl (C=S) groups is 1. The number of hydrazone groups is 1. The van der Waals surface area contributed by atoms with Gasteiger partial charge in [-0.3, -0.25) is 4.79 Å². The maximum absolute atomic E-state index is 12.0. The summed E-state index contributed by atoms with van der Waals surface area (Å²) in [7, 11) is 3.99. The molecule has 1 aliphatic heterocycles. The quantitative estimate of drug-likeness (QED) is 0.633. The van der Waals surface area contributed by atoms with Crippen LogP contribution < -0.4 is 4.90 Å². The fourth-order valence-corrected chi connectivity index (χ4v) is 3.13. The molecule has 1 heterocycles. The van der Waals surface area contributed by atoms with Crippen LogP contribution in [0.2, 0.25) is 0 Å². The molecule has 0 aliphatic carbocycles. The number of hydrogen-bond donors (Lipinski definition) is 0. The zero-order valence-electron chi connectivity index (χ0n) is 11.7. The normalized spacial score (nSPS) is 19.1. The Morgan fingerprint density at radius 1 is 1.40 bits per heavy atom. The molecule has 0 aromatic heterocycles. The van der Waals surface area contributed by atoms with Crippen molar-refractivity contribution in [2.45, 2.75) is 18.6 Å². The highest BCUT2D eigenvalue weighted by atomic mass is 32.2. The van der Waals surface area contributed by atoms with Gasteiger partial charge < -0.3 is 4.90 Å². The number of thioether (sulfide) groups is 1. The molecule has 1 fully saturated rings. The van der Waals surface area contributed by atoms with Crippen LogP contribution in [0, 0.1) is 0 Å². The fourth-order valence-electron chi connectivity index (χ4n) is 1.79. The number of carbonyl (C=O) groups is 1. The van der Waals surface area contributed by atoms with Crippen LogP contribution in [0.5, 0.6) is 0 Å². The van der Waals surface area contributed by atoms with Crippen molar-refractivity contribution < 1.29 is 4.79 Å². The van der Waals surface area contributed by atoms with E-state index in [4.69, 9.17) is 12.2 Å². The van der Waals surface area contributed by atoms with Crippen LogP contribution in [0.15, 0.2) is 29.4 Å². The van der Waals surface area contributed by atoms with Crippen molar-refractivity contribution in [1.29, 1.82) is 0 Å². The molecule has 0 radical (unpaired) electrons. The van der Waals surface area contributed by atoms with Crippen molar-refractivity contribution in [2.24, 2.45) is 5.10 Å². The first-order valence-electron chi connectivity index (χ1n) is 6.39. The second kappa shape index (κ2) is 6.37. The van der Waals surface area contributed by atoms with Crippen molar-refractivity contribution in [3.8, 4) is 0 Å². The summed E-state index contributed by atoms with van der Waals surface area (Å²) in [5, 5.41) is 5.45. The van der Waals surface area contributed by atoms with Gasteiger partial charge in [0.05, 0.1) is 11.5 Å². The van der Waals surface area contributed by atoms with E-state index in [1.54, 1.807) is 6.21 Å². The highest BCUT2D eigenvalue weighted by Crippen LogP contribution is 2.29. The lowest BCUT2D eigenvalue weighted by atomic mass is 10.2. The Bertz CT molecular complexity index is 540. The van der Waals surface area contributed by atoms with E-state index >= 15 is 0 Å². The van der Waals surface area contributed by atoms with E-state index in [1.165, 1.54) is 16.8 Å². The molecule has 1 aromatic rings. The number of nitrogens with zero attached hydrogens (tertiary/aromatic N) is 3. The Morgan fingerprint density at radius 3 is 2.55 bits per heavy atom. The smallest absolute Gasteiger partial charge is 0.262 e. The Balaban J connectivity index is 2.09. The Kier molecular flexibility index (Phi) is 4.77. The molecule has 1 amide bonds. The van der Waals surface area contributed by atoms with E-state index < -0.39 is 0 Å². The predicted octanol–water partition coefficient (Wildman–Crippen LogP) is 2.73. The second-order valence-electron chi connectivity index (χ2n) is 4.66. The summed E-state index contributed by atoms with van der Waals surface area (Å²) in [5.74, 6) is -0.0244. The van der Waals surface area contributed by atoms with Crippen LogP contribution in [0.3, 0.4) is 0 Å². The van der Waals surface area contributed by atoms with Crippen LogP contribution in [-0.2, 0) is 4.79 Å². The molecular formula is C14H17N3OS2. The van der Waals surface area contributed by atoms with E-state index in [2.05, 4.69) is 5.10 Å². The van der Waals surface area contributed by atoms with Crippen LogP contribution >= 0.6 is 24.0 Å². The fraction of sp³-hybridized carbons (Fsp3) is 0.357. The molecule has 0 saturated carbocycles. The summed E-state index contributed by atoms with van der Waals surface area (Å²) in [4.78, 5) is 14.0. The molecule has 0 spiro atoms. The average Bonchev–Trinajstić information content (AvgIpc) is 2.71. The summed E-state index contributed by atoms with van der Waals surface area (Å²) in [6, 6.07) is 7.95. The Hall–Kier alpha value is -1.40. The van der Waals surface area contributed by atoms with E-state index in [9.17, 15) is 4.79 Å². The monoisotopic (exact) mass is 307 g/mol. The van der Waals surface area contributed by atoms with Gasteiger partial charge in [-0.2, -0.15) is 10.1 Å². The van der Waals surface area contributed by atoms with Crippen molar-refractivity contribution >= 4 is 46.1 Å².